The second kappa shape index (κ2) is 5.88. The molecule has 0 aliphatic carbocycles. The molecule has 1 aliphatic rings. The fourth-order valence-corrected chi connectivity index (χ4v) is 3.17. The Morgan fingerprint density at radius 1 is 1.53 bits per heavy atom. The fourth-order valence-electron chi connectivity index (χ4n) is 3.17. The Bertz CT molecular complexity index is 438. The summed E-state index contributed by atoms with van der Waals surface area (Å²) < 4.78 is 13.4. The monoisotopic (exact) mass is 266 g/mol. The molecular formula is C15H23FN2O. The quantitative estimate of drug-likeness (QED) is 0.884. The first-order valence-corrected chi connectivity index (χ1v) is 6.98. The van der Waals surface area contributed by atoms with Crippen LogP contribution in [-0.4, -0.2) is 29.1 Å². The van der Waals surface area contributed by atoms with Gasteiger partial charge in [-0.1, -0.05) is 6.92 Å². The van der Waals surface area contributed by atoms with Gasteiger partial charge in [0, 0.05) is 24.2 Å². The van der Waals surface area contributed by atoms with E-state index in [9.17, 15) is 9.50 Å². The maximum atomic E-state index is 13.4. The molecule has 1 saturated heterocycles. The molecule has 3 nitrogen and oxygen atoms in total. The third-order valence-electron chi connectivity index (χ3n) is 4.34. The smallest absolute Gasteiger partial charge is 0.123 e. The van der Waals surface area contributed by atoms with Crippen LogP contribution in [0.5, 0.6) is 5.75 Å². The SMILES string of the molecule is CC1CCCN(C(C)c2cc(F)ccc2O)C1CN. The molecule has 4 heteroatoms. The number of hydrogen-bond donors (Lipinski definition) is 2. The number of halogens is 1. The topological polar surface area (TPSA) is 49.5 Å². The van der Waals surface area contributed by atoms with Crippen molar-refractivity contribution in [2.45, 2.75) is 38.8 Å². The lowest BCUT2D eigenvalue weighted by molar-refractivity contribution is 0.0678. The number of nitrogens with two attached hydrogens (primary N) is 1. The van der Waals surface area contributed by atoms with Gasteiger partial charge < -0.3 is 10.8 Å². The molecule has 1 aromatic rings. The van der Waals surface area contributed by atoms with Crippen molar-refractivity contribution in [2.24, 2.45) is 11.7 Å². The lowest BCUT2D eigenvalue weighted by atomic mass is 9.88. The molecule has 0 aromatic heterocycles. The van der Waals surface area contributed by atoms with Crippen molar-refractivity contribution in [1.82, 2.24) is 4.90 Å². The first kappa shape index (κ1) is 14.3. The van der Waals surface area contributed by atoms with E-state index in [2.05, 4.69) is 11.8 Å². The highest BCUT2D eigenvalue weighted by molar-refractivity contribution is 5.35. The van der Waals surface area contributed by atoms with Gasteiger partial charge in [0.2, 0.25) is 0 Å². The minimum Gasteiger partial charge on any atom is -0.508 e. The van der Waals surface area contributed by atoms with Crippen molar-refractivity contribution in [3.8, 4) is 5.75 Å². The molecule has 3 unspecified atom stereocenters. The molecule has 3 atom stereocenters. The number of aromatic hydroxyl groups is 1. The molecule has 1 fully saturated rings. The summed E-state index contributed by atoms with van der Waals surface area (Å²) in [7, 11) is 0. The molecule has 19 heavy (non-hydrogen) atoms. The summed E-state index contributed by atoms with van der Waals surface area (Å²) >= 11 is 0. The highest BCUT2D eigenvalue weighted by Crippen LogP contribution is 2.34. The van der Waals surface area contributed by atoms with Gasteiger partial charge >= 0.3 is 0 Å². The number of piperidine rings is 1. The zero-order valence-corrected chi connectivity index (χ0v) is 11.6. The van der Waals surface area contributed by atoms with E-state index >= 15 is 0 Å². The largest absolute Gasteiger partial charge is 0.508 e. The number of benzene rings is 1. The maximum absolute atomic E-state index is 13.4. The van der Waals surface area contributed by atoms with Gasteiger partial charge in [-0.2, -0.15) is 0 Å². The fraction of sp³-hybridized carbons (Fsp3) is 0.600. The zero-order chi connectivity index (χ0) is 14.0. The van der Waals surface area contributed by atoms with E-state index in [1.54, 1.807) is 0 Å². The molecule has 2 rings (SSSR count). The second-order valence-electron chi connectivity index (χ2n) is 5.54. The number of phenols is 1. The van der Waals surface area contributed by atoms with Crippen LogP contribution in [0.25, 0.3) is 0 Å². The molecule has 0 saturated carbocycles. The molecule has 1 heterocycles. The molecule has 0 bridgehead atoms. The molecule has 1 aliphatic heterocycles. The normalized spacial score (nSPS) is 26.3. The summed E-state index contributed by atoms with van der Waals surface area (Å²) in [6.07, 6.45) is 2.30. The number of phenolic OH excluding ortho intramolecular Hbond substituents is 1. The minimum absolute atomic E-state index is 0.0213. The standard InChI is InChI=1S/C15H23FN2O/c1-10-4-3-7-18(14(10)9-17)11(2)13-8-12(16)5-6-15(13)19/h5-6,8,10-11,14,19H,3-4,7,9,17H2,1-2H3. The van der Waals surface area contributed by atoms with Gasteiger partial charge in [-0.15, -0.1) is 0 Å². The van der Waals surface area contributed by atoms with Crippen LogP contribution in [0.4, 0.5) is 4.39 Å². The highest BCUT2D eigenvalue weighted by atomic mass is 19.1. The Morgan fingerprint density at radius 3 is 2.95 bits per heavy atom. The lowest BCUT2D eigenvalue weighted by Gasteiger charge is -2.43. The first-order chi connectivity index (χ1) is 9.04. The van der Waals surface area contributed by atoms with Crippen LogP contribution in [0.15, 0.2) is 18.2 Å². The van der Waals surface area contributed by atoms with Crippen molar-refractivity contribution >= 4 is 0 Å². The van der Waals surface area contributed by atoms with Crippen LogP contribution in [0, 0.1) is 11.7 Å². The van der Waals surface area contributed by atoms with Crippen molar-refractivity contribution < 1.29 is 9.50 Å². The summed E-state index contributed by atoms with van der Waals surface area (Å²) in [5.41, 5.74) is 6.54. The van der Waals surface area contributed by atoms with Gasteiger partial charge in [0.1, 0.15) is 11.6 Å². The Morgan fingerprint density at radius 2 is 2.26 bits per heavy atom. The third-order valence-corrected chi connectivity index (χ3v) is 4.34. The molecule has 0 radical (unpaired) electrons. The number of nitrogens with zero attached hydrogens (tertiary/aromatic N) is 1. The van der Waals surface area contributed by atoms with Crippen LogP contribution >= 0.6 is 0 Å². The average molecular weight is 266 g/mol. The van der Waals surface area contributed by atoms with E-state index in [0.29, 0.717) is 24.1 Å². The van der Waals surface area contributed by atoms with Crippen LogP contribution in [-0.2, 0) is 0 Å². The summed E-state index contributed by atoms with van der Waals surface area (Å²) in [6, 6.07) is 4.40. The Labute approximate surface area is 114 Å². The van der Waals surface area contributed by atoms with Crippen molar-refractivity contribution in [3.05, 3.63) is 29.6 Å². The van der Waals surface area contributed by atoms with E-state index < -0.39 is 0 Å². The average Bonchev–Trinajstić information content (AvgIpc) is 2.40. The van der Waals surface area contributed by atoms with Crippen molar-refractivity contribution in [1.29, 1.82) is 0 Å². The van der Waals surface area contributed by atoms with Gasteiger partial charge in [0.25, 0.3) is 0 Å². The van der Waals surface area contributed by atoms with Gasteiger partial charge in [0.15, 0.2) is 0 Å². The molecular weight excluding hydrogens is 243 g/mol. The molecule has 0 spiro atoms. The van der Waals surface area contributed by atoms with Gasteiger partial charge in [-0.05, 0) is 50.4 Å². The Balaban J connectivity index is 2.26. The highest BCUT2D eigenvalue weighted by Gasteiger charge is 2.32. The van der Waals surface area contributed by atoms with E-state index in [4.69, 9.17) is 5.73 Å². The molecule has 1 aromatic carbocycles. The lowest BCUT2D eigenvalue weighted by Crippen LogP contribution is -2.49. The van der Waals surface area contributed by atoms with Crippen LogP contribution < -0.4 is 5.73 Å². The predicted molar refractivity (Wildman–Crippen MR) is 74.4 cm³/mol. The number of hydrogen-bond acceptors (Lipinski definition) is 3. The van der Waals surface area contributed by atoms with E-state index in [1.165, 1.54) is 24.6 Å². The first-order valence-electron chi connectivity index (χ1n) is 6.98. The molecule has 0 amide bonds. The summed E-state index contributed by atoms with van der Waals surface area (Å²) in [4.78, 5) is 2.29. The zero-order valence-electron chi connectivity index (χ0n) is 11.6. The Kier molecular flexibility index (Phi) is 4.42. The molecule has 106 valence electrons. The van der Waals surface area contributed by atoms with E-state index in [1.807, 2.05) is 6.92 Å². The van der Waals surface area contributed by atoms with Gasteiger partial charge in [0.05, 0.1) is 0 Å². The van der Waals surface area contributed by atoms with E-state index in [0.717, 1.165) is 13.0 Å². The maximum Gasteiger partial charge on any atom is 0.123 e. The number of rotatable bonds is 3. The summed E-state index contributed by atoms with van der Waals surface area (Å²) in [6.45, 7) is 5.77. The van der Waals surface area contributed by atoms with Crippen molar-refractivity contribution in [3.63, 3.8) is 0 Å². The summed E-state index contributed by atoms with van der Waals surface area (Å²) in [5, 5.41) is 9.94. The van der Waals surface area contributed by atoms with Crippen LogP contribution in [0.2, 0.25) is 0 Å². The second-order valence-corrected chi connectivity index (χ2v) is 5.54. The third kappa shape index (κ3) is 2.90. The summed E-state index contributed by atoms with van der Waals surface area (Å²) in [5.74, 6) is 0.383. The van der Waals surface area contributed by atoms with Gasteiger partial charge in [-0.3, -0.25) is 4.90 Å². The van der Waals surface area contributed by atoms with Crippen LogP contribution in [0.1, 0.15) is 38.3 Å². The minimum atomic E-state index is -0.311. The van der Waals surface area contributed by atoms with E-state index in [-0.39, 0.29) is 17.6 Å². The van der Waals surface area contributed by atoms with Crippen LogP contribution in [0.3, 0.4) is 0 Å². The van der Waals surface area contributed by atoms with Crippen molar-refractivity contribution in [2.75, 3.05) is 13.1 Å². The Hall–Kier alpha value is -1.13. The number of likely N-dealkylation sites (tertiary alicyclic amines) is 1. The predicted octanol–water partition coefficient (Wildman–Crippen LogP) is 2.65. The van der Waals surface area contributed by atoms with Gasteiger partial charge in [-0.25, -0.2) is 4.39 Å². The molecule has 3 N–H and O–H groups in total.